The van der Waals surface area contributed by atoms with E-state index in [1.807, 2.05) is 54.7 Å². The average molecular weight is 415 g/mol. The number of carboxylic acids is 1. The Morgan fingerprint density at radius 1 is 1.17 bits per heavy atom. The molecule has 0 spiro atoms. The standard InChI is InChI=1S/C22H22N2O4.ClH/c25-22(26)9-10-24-11-12-27-21(15-24)16-5-7-18(8-6-16)28-20-14-23-13-17-3-1-2-4-19(17)20;/h1-8,13-14,21H,9-12,15H2,(H,25,26);1H. The molecule has 6 nitrogen and oxygen atoms in total. The van der Waals surface area contributed by atoms with Crippen molar-refractivity contribution in [3.05, 3.63) is 66.5 Å². The topological polar surface area (TPSA) is 71.9 Å². The van der Waals surface area contributed by atoms with E-state index in [1.165, 1.54) is 0 Å². The zero-order valence-corrected chi connectivity index (χ0v) is 16.7. The van der Waals surface area contributed by atoms with Gasteiger partial charge in [0.25, 0.3) is 0 Å². The second-order valence-electron chi connectivity index (χ2n) is 6.83. The second kappa shape index (κ2) is 9.69. The highest BCUT2D eigenvalue weighted by Crippen LogP contribution is 2.30. The Morgan fingerprint density at radius 3 is 2.76 bits per heavy atom. The van der Waals surface area contributed by atoms with Gasteiger partial charge in [-0.15, -0.1) is 12.4 Å². The normalized spacial score (nSPS) is 16.9. The molecular formula is C22H23ClN2O4. The van der Waals surface area contributed by atoms with E-state index in [0.717, 1.165) is 34.4 Å². The van der Waals surface area contributed by atoms with Crippen LogP contribution >= 0.6 is 12.4 Å². The molecule has 0 radical (unpaired) electrons. The molecular weight excluding hydrogens is 392 g/mol. The van der Waals surface area contributed by atoms with E-state index in [9.17, 15) is 4.79 Å². The van der Waals surface area contributed by atoms with E-state index in [-0.39, 0.29) is 24.9 Å². The maximum Gasteiger partial charge on any atom is 0.304 e. The highest BCUT2D eigenvalue weighted by molar-refractivity contribution is 5.87. The van der Waals surface area contributed by atoms with Gasteiger partial charge in [0.2, 0.25) is 0 Å². The van der Waals surface area contributed by atoms with Crippen LogP contribution in [-0.2, 0) is 9.53 Å². The molecule has 29 heavy (non-hydrogen) atoms. The summed E-state index contributed by atoms with van der Waals surface area (Å²) in [7, 11) is 0. The van der Waals surface area contributed by atoms with Crippen LogP contribution in [0.5, 0.6) is 11.5 Å². The third-order valence-electron chi connectivity index (χ3n) is 4.90. The Bertz CT molecular complexity index is 959. The number of ether oxygens (including phenoxy) is 2. The molecule has 2 aromatic carbocycles. The second-order valence-corrected chi connectivity index (χ2v) is 6.83. The Labute approximate surface area is 175 Å². The molecule has 0 bridgehead atoms. The van der Waals surface area contributed by atoms with E-state index < -0.39 is 5.97 Å². The van der Waals surface area contributed by atoms with Crippen LogP contribution in [-0.4, -0.2) is 47.2 Å². The Hall–Kier alpha value is -2.67. The fourth-order valence-electron chi connectivity index (χ4n) is 3.41. The van der Waals surface area contributed by atoms with Crippen molar-refractivity contribution in [3.8, 4) is 11.5 Å². The molecule has 1 aliphatic rings. The van der Waals surface area contributed by atoms with Crippen molar-refractivity contribution >= 4 is 29.1 Å². The number of morpholine rings is 1. The van der Waals surface area contributed by atoms with Crippen LogP contribution in [0.2, 0.25) is 0 Å². The first-order valence-corrected chi connectivity index (χ1v) is 9.35. The van der Waals surface area contributed by atoms with Crippen molar-refractivity contribution in [1.82, 2.24) is 9.88 Å². The number of fused-ring (bicyclic) bond motifs is 1. The molecule has 0 saturated carbocycles. The van der Waals surface area contributed by atoms with Gasteiger partial charge in [0.15, 0.2) is 5.75 Å². The molecule has 1 atom stereocenters. The number of carboxylic acid groups (broad SMARTS) is 1. The van der Waals surface area contributed by atoms with Crippen LogP contribution in [0.15, 0.2) is 60.9 Å². The summed E-state index contributed by atoms with van der Waals surface area (Å²) in [5.74, 6) is 0.688. The van der Waals surface area contributed by atoms with Crippen molar-refractivity contribution in [2.75, 3.05) is 26.2 Å². The van der Waals surface area contributed by atoms with Crippen LogP contribution in [0, 0.1) is 0 Å². The summed E-state index contributed by atoms with van der Waals surface area (Å²) >= 11 is 0. The highest BCUT2D eigenvalue weighted by atomic mass is 35.5. The van der Waals surface area contributed by atoms with Gasteiger partial charge in [-0.3, -0.25) is 14.7 Å². The first-order valence-electron chi connectivity index (χ1n) is 9.35. The molecule has 152 valence electrons. The van der Waals surface area contributed by atoms with Crippen molar-refractivity contribution in [3.63, 3.8) is 0 Å². The van der Waals surface area contributed by atoms with Gasteiger partial charge in [-0.2, -0.15) is 0 Å². The number of benzene rings is 2. The van der Waals surface area contributed by atoms with Crippen LogP contribution in [0.25, 0.3) is 10.8 Å². The van der Waals surface area contributed by atoms with E-state index in [1.54, 1.807) is 6.20 Å². The van der Waals surface area contributed by atoms with Crippen molar-refractivity contribution in [2.45, 2.75) is 12.5 Å². The van der Waals surface area contributed by atoms with Gasteiger partial charge in [-0.05, 0) is 17.7 Å². The Kier molecular flexibility index (Phi) is 7.04. The van der Waals surface area contributed by atoms with Crippen molar-refractivity contribution in [2.24, 2.45) is 0 Å². The summed E-state index contributed by atoms with van der Waals surface area (Å²) in [5.41, 5.74) is 1.06. The number of carbonyl (C=O) groups is 1. The number of hydrogen-bond donors (Lipinski definition) is 1. The lowest BCUT2D eigenvalue weighted by atomic mass is 10.1. The quantitative estimate of drug-likeness (QED) is 0.648. The zero-order chi connectivity index (χ0) is 19.3. The molecule has 1 unspecified atom stereocenters. The third kappa shape index (κ3) is 5.23. The molecule has 1 N–H and O–H groups in total. The van der Waals surface area contributed by atoms with Crippen molar-refractivity contribution < 1.29 is 19.4 Å². The average Bonchev–Trinajstić information content (AvgIpc) is 2.73. The molecule has 7 heteroatoms. The summed E-state index contributed by atoms with van der Waals surface area (Å²) in [4.78, 5) is 17.2. The number of aliphatic carboxylic acids is 1. The van der Waals surface area contributed by atoms with E-state index in [2.05, 4.69) is 9.88 Å². The monoisotopic (exact) mass is 414 g/mol. The number of pyridine rings is 1. The summed E-state index contributed by atoms with van der Waals surface area (Å²) in [6, 6.07) is 15.8. The number of rotatable bonds is 6. The lowest BCUT2D eigenvalue weighted by Crippen LogP contribution is -2.39. The molecule has 4 rings (SSSR count). The minimum Gasteiger partial charge on any atom is -0.481 e. The van der Waals surface area contributed by atoms with Gasteiger partial charge in [-0.25, -0.2) is 0 Å². The van der Waals surface area contributed by atoms with Gasteiger partial charge in [-0.1, -0.05) is 36.4 Å². The molecule has 0 amide bonds. The van der Waals surface area contributed by atoms with E-state index in [0.29, 0.717) is 19.7 Å². The van der Waals surface area contributed by atoms with Gasteiger partial charge in [0.1, 0.15) is 5.75 Å². The lowest BCUT2D eigenvalue weighted by molar-refractivity contribution is -0.137. The fraction of sp³-hybridized carbons (Fsp3) is 0.273. The predicted octanol–water partition coefficient (Wildman–Crippen LogP) is 4.30. The molecule has 2 heterocycles. The first kappa shape index (κ1) is 21.0. The minimum absolute atomic E-state index is 0. The number of aromatic nitrogens is 1. The van der Waals surface area contributed by atoms with Gasteiger partial charge in [0.05, 0.1) is 25.3 Å². The largest absolute Gasteiger partial charge is 0.481 e. The van der Waals surface area contributed by atoms with Gasteiger partial charge >= 0.3 is 5.97 Å². The first-order chi connectivity index (χ1) is 13.7. The smallest absolute Gasteiger partial charge is 0.304 e. The molecule has 1 aliphatic heterocycles. The summed E-state index contributed by atoms with van der Waals surface area (Å²) < 4.78 is 11.9. The predicted molar refractivity (Wildman–Crippen MR) is 113 cm³/mol. The molecule has 1 fully saturated rings. The minimum atomic E-state index is -0.771. The zero-order valence-electron chi connectivity index (χ0n) is 15.9. The summed E-state index contributed by atoms with van der Waals surface area (Å²) in [5, 5.41) is 10.9. The number of nitrogens with zero attached hydrogens (tertiary/aromatic N) is 2. The lowest BCUT2D eigenvalue weighted by Gasteiger charge is -2.32. The fourth-order valence-corrected chi connectivity index (χ4v) is 3.41. The van der Waals surface area contributed by atoms with Gasteiger partial charge < -0.3 is 14.6 Å². The van der Waals surface area contributed by atoms with E-state index in [4.69, 9.17) is 14.6 Å². The maximum absolute atomic E-state index is 10.8. The SMILES string of the molecule is Cl.O=C(O)CCN1CCOC(c2ccc(Oc3cncc4ccccc34)cc2)C1. The summed E-state index contributed by atoms with van der Waals surface area (Å²) in [6.45, 7) is 2.61. The molecule has 0 aliphatic carbocycles. The Balaban J connectivity index is 0.00000240. The van der Waals surface area contributed by atoms with Crippen LogP contribution in [0.4, 0.5) is 0 Å². The number of halogens is 1. The molecule has 1 aromatic heterocycles. The Morgan fingerprint density at radius 2 is 1.97 bits per heavy atom. The summed E-state index contributed by atoms with van der Waals surface area (Å²) in [6.07, 6.45) is 3.64. The highest BCUT2D eigenvalue weighted by Gasteiger charge is 2.22. The van der Waals surface area contributed by atoms with Crippen LogP contribution in [0.1, 0.15) is 18.1 Å². The molecule has 3 aromatic rings. The van der Waals surface area contributed by atoms with Crippen LogP contribution < -0.4 is 4.74 Å². The molecule has 1 saturated heterocycles. The number of hydrogen-bond acceptors (Lipinski definition) is 5. The van der Waals surface area contributed by atoms with Gasteiger partial charge in [0, 0.05) is 36.6 Å². The maximum atomic E-state index is 10.8. The third-order valence-corrected chi connectivity index (χ3v) is 4.90. The van der Waals surface area contributed by atoms with E-state index >= 15 is 0 Å². The van der Waals surface area contributed by atoms with Crippen LogP contribution in [0.3, 0.4) is 0 Å². The van der Waals surface area contributed by atoms with Crippen molar-refractivity contribution in [1.29, 1.82) is 0 Å².